The van der Waals surface area contributed by atoms with Gasteiger partial charge >= 0.3 is 0 Å². The molecule has 0 radical (unpaired) electrons. The molecule has 0 heterocycles. The summed E-state index contributed by atoms with van der Waals surface area (Å²) in [7, 11) is 0. The van der Waals surface area contributed by atoms with Gasteiger partial charge in [-0.25, -0.2) is 0 Å². The van der Waals surface area contributed by atoms with Crippen LogP contribution in [0.3, 0.4) is 0 Å². The van der Waals surface area contributed by atoms with Gasteiger partial charge in [0.25, 0.3) is 0 Å². The molecular formula is C19H25NO. The number of hydrogen-bond acceptors (Lipinski definition) is 2. The van der Waals surface area contributed by atoms with Crippen LogP contribution in [0.25, 0.3) is 0 Å². The highest BCUT2D eigenvalue weighted by Gasteiger charge is 2.07. The second-order valence-electron chi connectivity index (χ2n) is 5.50. The van der Waals surface area contributed by atoms with Crippen LogP contribution in [-0.4, -0.2) is 13.1 Å². The number of nitrogens with zero attached hydrogens (tertiary/aromatic N) is 1. The Hall–Kier alpha value is -1.96. The molecule has 0 aliphatic carbocycles. The van der Waals surface area contributed by atoms with Crippen LogP contribution in [0.5, 0.6) is 11.5 Å². The van der Waals surface area contributed by atoms with Gasteiger partial charge in [0.05, 0.1) is 0 Å². The number of benzene rings is 2. The number of ether oxygens (including phenoxy) is 1. The lowest BCUT2D eigenvalue weighted by molar-refractivity contribution is 0.475. The van der Waals surface area contributed by atoms with E-state index in [0.717, 1.165) is 24.6 Å². The molecule has 0 saturated heterocycles. The summed E-state index contributed by atoms with van der Waals surface area (Å²) < 4.78 is 6.08. The fourth-order valence-corrected chi connectivity index (χ4v) is 2.76. The third-order valence-electron chi connectivity index (χ3n) is 3.79. The van der Waals surface area contributed by atoms with Crippen molar-refractivity contribution in [3.05, 3.63) is 53.1 Å². The van der Waals surface area contributed by atoms with Crippen LogP contribution in [0.1, 0.15) is 30.5 Å². The van der Waals surface area contributed by atoms with Crippen molar-refractivity contribution in [2.75, 3.05) is 18.0 Å². The zero-order valence-corrected chi connectivity index (χ0v) is 13.7. The molecule has 2 aromatic carbocycles. The Morgan fingerprint density at radius 2 is 1.38 bits per heavy atom. The van der Waals surface area contributed by atoms with Gasteiger partial charge in [-0.05, 0) is 70.0 Å². The number of rotatable bonds is 5. The lowest BCUT2D eigenvalue weighted by atomic mass is 10.1. The van der Waals surface area contributed by atoms with Crippen molar-refractivity contribution in [1.29, 1.82) is 0 Å². The average Bonchev–Trinajstić information content (AvgIpc) is 2.45. The van der Waals surface area contributed by atoms with E-state index in [4.69, 9.17) is 4.74 Å². The molecule has 0 unspecified atom stereocenters. The first-order chi connectivity index (χ1) is 10.0. The predicted octanol–water partition coefficient (Wildman–Crippen LogP) is 5.25. The molecule has 0 fully saturated rings. The minimum absolute atomic E-state index is 0.890. The van der Waals surface area contributed by atoms with Gasteiger partial charge in [-0.15, -0.1) is 0 Å². The quantitative estimate of drug-likeness (QED) is 0.743. The SMILES string of the molecule is CCN(CC)c1ccc(Oc2c(C)cc(C)cc2C)cc1. The highest BCUT2D eigenvalue weighted by molar-refractivity contribution is 5.51. The summed E-state index contributed by atoms with van der Waals surface area (Å²) in [5.41, 5.74) is 4.87. The van der Waals surface area contributed by atoms with Crippen molar-refractivity contribution in [1.82, 2.24) is 0 Å². The molecule has 2 heteroatoms. The Kier molecular flexibility index (Phi) is 4.89. The average molecular weight is 283 g/mol. The minimum Gasteiger partial charge on any atom is -0.457 e. The summed E-state index contributed by atoms with van der Waals surface area (Å²) in [5, 5.41) is 0. The van der Waals surface area contributed by atoms with Gasteiger partial charge < -0.3 is 9.64 Å². The summed E-state index contributed by atoms with van der Waals surface area (Å²) in [6, 6.07) is 12.7. The standard InChI is InChI=1S/C19H25NO/c1-6-20(7-2)17-8-10-18(11-9-17)21-19-15(4)12-14(3)13-16(19)5/h8-13H,6-7H2,1-5H3. The van der Waals surface area contributed by atoms with Gasteiger partial charge in [0.1, 0.15) is 11.5 Å². The molecule has 0 amide bonds. The third kappa shape index (κ3) is 3.57. The first-order valence-corrected chi connectivity index (χ1v) is 7.65. The molecule has 112 valence electrons. The van der Waals surface area contributed by atoms with Gasteiger partial charge in [0.15, 0.2) is 0 Å². The van der Waals surface area contributed by atoms with E-state index in [9.17, 15) is 0 Å². The van der Waals surface area contributed by atoms with Crippen molar-refractivity contribution in [3.63, 3.8) is 0 Å². The van der Waals surface area contributed by atoms with E-state index >= 15 is 0 Å². The maximum absolute atomic E-state index is 6.08. The van der Waals surface area contributed by atoms with Crippen molar-refractivity contribution in [2.45, 2.75) is 34.6 Å². The molecule has 0 aliphatic rings. The van der Waals surface area contributed by atoms with Crippen LogP contribution in [0.4, 0.5) is 5.69 Å². The molecule has 2 rings (SSSR count). The van der Waals surface area contributed by atoms with Crippen LogP contribution in [0.2, 0.25) is 0 Å². The molecule has 0 aromatic heterocycles. The third-order valence-corrected chi connectivity index (χ3v) is 3.79. The van der Waals surface area contributed by atoms with E-state index in [0.29, 0.717) is 0 Å². The Balaban J connectivity index is 2.21. The van der Waals surface area contributed by atoms with Crippen LogP contribution >= 0.6 is 0 Å². The fraction of sp³-hybridized carbons (Fsp3) is 0.368. The van der Waals surface area contributed by atoms with Crippen molar-refractivity contribution in [2.24, 2.45) is 0 Å². The van der Waals surface area contributed by atoms with E-state index in [2.05, 4.69) is 63.8 Å². The van der Waals surface area contributed by atoms with Crippen LogP contribution < -0.4 is 9.64 Å². The second-order valence-corrected chi connectivity index (χ2v) is 5.50. The minimum atomic E-state index is 0.890. The number of anilines is 1. The summed E-state index contributed by atoms with van der Waals surface area (Å²) in [6.45, 7) is 12.7. The summed E-state index contributed by atoms with van der Waals surface area (Å²) >= 11 is 0. The molecule has 0 saturated carbocycles. The van der Waals surface area contributed by atoms with E-state index in [1.165, 1.54) is 22.4 Å². The van der Waals surface area contributed by atoms with Gasteiger partial charge in [-0.3, -0.25) is 0 Å². The van der Waals surface area contributed by atoms with Crippen molar-refractivity contribution >= 4 is 5.69 Å². The van der Waals surface area contributed by atoms with E-state index < -0.39 is 0 Å². The van der Waals surface area contributed by atoms with Crippen LogP contribution in [0, 0.1) is 20.8 Å². The molecule has 0 aliphatic heterocycles. The Labute approximate surface area is 128 Å². The monoisotopic (exact) mass is 283 g/mol. The maximum Gasteiger partial charge on any atom is 0.133 e. The second kappa shape index (κ2) is 6.66. The van der Waals surface area contributed by atoms with Gasteiger partial charge in [0.2, 0.25) is 0 Å². The topological polar surface area (TPSA) is 12.5 Å². The highest BCUT2D eigenvalue weighted by atomic mass is 16.5. The largest absolute Gasteiger partial charge is 0.457 e. The molecule has 21 heavy (non-hydrogen) atoms. The van der Waals surface area contributed by atoms with E-state index in [-0.39, 0.29) is 0 Å². The molecule has 0 spiro atoms. The smallest absolute Gasteiger partial charge is 0.133 e. The van der Waals surface area contributed by atoms with E-state index in [1.807, 2.05) is 12.1 Å². The first-order valence-electron chi connectivity index (χ1n) is 7.65. The summed E-state index contributed by atoms with van der Waals surface area (Å²) in [4.78, 5) is 2.33. The van der Waals surface area contributed by atoms with Gasteiger partial charge in [0, 0.05) is 18.8 Å². The first kappa shape index (κ1) is 15.4. The van der Waals surface area contributed by atoms with Crippen LogP contribution in [-0.2, 0) is 0 Å². The molecule has 2 nitrogen and oxygen atoms in total. The lowest BCUT2D eigenvalue weighted by Crippen LogP contribution is -2.21. The number of hydrogen-bond donors (Lipinski definition) is 0. The van der Waals surface area contributed by atoms with Gasteiger partial charge in [-0.1, -0.05) is 17.7 Å². The molecule has 2 aromatic rings. The summed E-state index contributed by atoms with van der Waals surface area (Å²) in [5.74, 6) is 1.86. The zero-order valence-electron chi connectivity index (χ0n) is 13.7. The predicted molar refractivity (Wildman–Crippen MR) is 90.7 cm³/mol. The Morgan fingerprint density at radius 1 is 0.857 bits per heavy atom. The highest BCUT2D eigenvalue weighted by Crippen LogP contribution is 2.30. The number of aryl methyl sites for hydroxylation is 3. The Bertz CT molecular complexity index is 574. The van der Waals surface area contributed by atoms with Crippen molar-refractivity contribution in [3.8, 4) is 11.5 Å². The summed E-state index contributed by atoms with van der Waals surface area (Å²) in [6.07, 6.45) is 0. The Morgan fingerprint density at radius 3 is 1.86 bits per heavy atom. The molecule has 0 bridgehead atoms. The van der Waals surface area contributed by atoms with E-state index in [1.54, 1.807) is 0 Å². The molecular weight excluding hydrogens is 258 g/mol. The lowest BCUT2D eigenvalue weighted by Gasteiger charge is -2.21. The fourth-order valence-electron chi connectivity index (χ4n) is 2.76. The molecule has 0 atom stereocenters. The van der Waals surface area contributed by atoms with Gasteiger partial charge in [-0.2, -0.15) is 0 Å². The van der Waals surface area contributed by atoms with Crippen LogP contribution in [0.15, 0.2) is 36.4 Å². The maximum atomic E-state index is 6.08. The normalized spacial score (nSPS) is 10.5. The molecule has 0 N–H and O–H groups in total. The zero-order chi connectivity index (χ0) is 15.4. The van der Waals surface area contributed by atoms with Crippen molar-refractivity contribution < 1.29 is 4.74 Å².